The maximum absolute atomic E-state index is 13.2. The topological polar surface area (TPSA) is 214 Å². The Morgan fingerprint density at radius 2 is 1.70 bits per heavy atom. The van der Waals surface area contributed by atoms with E-state index in [-0.39, 0.29) is 40.6 Å². The van der Waals surface area contributed by atoms with Crippen LogP contribution in [-0.4, -0.2) is 117 Å². The molecule has 2 aromatic carbocycles. The number of carbonyl (C=O) groups excluding carboxylic acids is 1. The largest absolute Gasteiger partial charge is 0.507 e. The lowest BCUT2D eigenvalue weighted by Gasteiger charge is -2.41. The number of hydrogen-bond donors (Lipinski definition) is 7. The molecule has 236 valence electrons. The molecule has 0 bridgehead atoms. The van der Waals surface area contributed by atoms with Gasteiger partial charge in [0.15, 0.2) is 12.1 Å². The average Bonchev–Trinajstić information content (AvgIpc) is 3.30. The Hall–Kier alpha value is -3.05. The van der Waals surface area contributed by atoms with Crippen molar-refractivity contribution >= 4 is 5.78 Å². The fourth-order valence-corrected chi connectivity index (χ4v) is 5.41. The number of hydrogen-bond acceptors (Lipinski definition) is 14. The van der Waals surface area contributed by atoms with Gasteiger partial charge in [-0.25, -0.2) is 0 Å². The summed E-state index contributed by atoms with van der Waals surface area (Å²) in [5, 5.41) is 72.4. The Bertz CT molecular complexity index is 1330. The summed E-state index contributed by atoms with van der Waals surface area (Å²) in [4.78, 5) is 13.2. The second-order valence-corrected chi connectivity index (χ2v) is 11.0. The number of ether oxygens (including phenoxy) is 6. The predicted octanol–water partition coefficient (Wildman–Crippen LogP) is -0.632. The van der Waals surface area contributed by atoms with E-state index in [9.17, 15) is 40.5 Å². The lowest BCUT2D eigenvalue weighted by Crippen LogP contribution is -2.60. The second-order valence-electron chi connectivity index (χ2n) is 11.0. The van der Waals surface area contributed by atoms with E-state index >= 15 is 0 Å². The number of aliphatic hydroxyl groups is 6. The molecule has 0 saturated carbocycles. The Morgan fingerprint density at radius 3 is 2.33 bits per heavy atom. The van der Waals surface area contributed by atoms with E-state index in [1.165, 1.54) is 14.0 Å². The monoisotopic (exact) mass is 608 g/mol. The summed E-state index contributed by atoms with van der Waals surface area (Å²) in [6.07, 6.45) is -11.7. The van der Waals surface area contributed by atoms with Crippen LogP contribution in [0.25, 0.3) is 0 Å². The number of phenols is 1. The van der Waals surface area contributed by atoms with Gasteiger partial charge < -0.3 is 64.2 Å². The van der Waals surface area contributed by atoms with Gasteiger partial charge in [0, 0.05) is 11.1 Å². The van der Waals surface area contributed by atoms with Crippen molar-refractivity contribution in [3.05, 3.63) is 46.5 Å². The summed E-state index contributed by atoms with van der Waals surface area (Å²) in [5.41, 5.74) is -0.742. The number of fused-ring (bicyclic) bond motifs is 1. The van der Waals surface area contributed by atoms with E-state index in [1.54, 1.807) is 31.2 Å². The molecule has 3 aliphatic rings. The molecule has 7 N–H and O–H groups in total. The molecule has 9 atom stereocenters. The number of benzene rings is 2. The zero-order valence-electron chi connectivity index (χ0n) is 23.7. The molecule has 2 aromatic rings. The minimum Gasteiger partial charge on any atom is -0.507 e. The number of methoxy groups -OCH3 is 1. The number of ketones is 1. The van der Waals surface area contributed by atoms with Gasteiger partial charge in [-0.3, -0.25) is 4.79 Å². The summed E-state index contributed by atoms with van der Waals surface area (Å²) < 4.78 is 33.7. The van der Waals surface area contributed by atoms with Crippen molar-refractivity contribution in [3.63, 3.8) is 0 Å². The Labute approximate surface area is 246 Å². The summed E-state index contributed by atoms with van der Waals surface area (Å²) in [6.45, 7) is 1.46. The molecule has 0 aromatic heterocycles. The van der Waals surface area contributed by atoms with Crippen LogP contribution in [0.3, 0.4) is 0 Å². The van der Waals surface area contributed by atoms with E-state index in [2.05, 4.69) is 0 Å². The lowest BCUT2D eigenvalue weighted by molar-refractivity contribution is -0.289. The van der Waals surface area contributed by atoms with Crippen molar-refractivity contribution in [2.24, 2.45) is 0 Å². The first kappa shape index (κ1) is 31.4. The molecule has 0 radical (unpaired) electrons. The van der Waals surface area contributed by atoms with Crippen LogP contribution in [0.4, 0.5) is 0 Å². The zero-order valence-corrected chi connectivity index (χ0v) is 23.7. The standard InChI is InChI=1S/C29H36O14/c1-12-20(32)19-16(31)8-17(14-4-6-15(38-3)7-5-14)41-25(19)13(2)24(12)43-27-23(35)22(34)21(33)18(42-27)9-39-28-26(36)29(37,10-30)11-40-28/h4-7,17-18,21-23,26-28,30,32-37H,8-11H2,1-3H3. The van der Waals surface area contributed by atoms with Crippen molar-refractivity contribution in [2.75, 3.05) is 26.9 Å². The highest BCUT2D eigenvalue weighted by Gasteiger charge is 2.50. The van der Waals surface area contributed by atoms with Gasteiger partial charge in [-0.05, 0) is 31.5 Å². The van der Waals surface area contributed by atoms with Crippen LogP contribution in [0, 0.1) is 13.8 Å². The third kappa shape index (κ3) is 5.66. The minimum atomic E-state index is -1.93. The molecule has 3 heterocycles. The quantitative estimate of drug-likeness (QED) is 0.199. The lowest BCUT2D eigenvalue weighted by atomic mass is 9.91. The van der Waals surface area contributed by atoms with Gasteiger partial charge >= 0.3 is 0 Å². The number of Topliss-reactive ketones (excluding diaryl/α,β-unsaturated/α-hetero) is 1. The van der Waals surface area contributed by atoms with E-state index in [0.29, 0.717) is 16.9 Å². The average molecular weight is 609 g/mol. The predicted molar refractivity (Wildman–Crippen MR) is 144 cm³/mol. The van der Waals surface area contributed by atoms with Crippen molar-refractivity contribution in [3.8, 4) is 23.0 Å². The molecular weight excluding hydrogens is 572 g/mol. The molecule has 14 nitrogen and oxygen atoms in total. The molecule has 2 fully saturated rings. The highest BCUT2D eigenvalue weighted by Crippen LogP contribution is 2.48. The number of phenolic OH excluding ortho intramolecular Hbond substituents is 1. The highest BCUT2D eigenvalue weighted by atomic mass is 16.7. The van der Waals surface area contributed by atoms with Gasteiger partial charge in [0.2, 0.25) is 6.29 Å². The van der Waals surface area contributed by atoms with Crippen LogP contribution in [0.15, 0.2) is 24.3 Å². The summed E-state index contributed by atoms with van der Waals surface area (Å²) in [7, 11) is 1.54. The molecule has 3 aliphatic heterocycles. The van der Waals surface area contributed by atoms with Crippen LogP contribution in [0.1, 0.15) is 39.6 Å². The van der Waals surface area contributed by atoms with Gasteiger partial charge in [-0.1, -0.05) is 12.1 Å². The van der Waals surface area contributed by atoms with Crippen molar-refractivity contribution < 1.29 is 69.0 Å². The van der Waals surface area contributed by atoms with Gasteiger partial charge in [-0.15, -0.1) is 0 Å². The van der Waals surface area contributed by atoms with Gasteiger partial charge in [0.1, 0.15) is 70.8 Å². The van der Waals surface area contributed by atoms with Gasteiger partial charge in [0.25, 0.3) is 0 Å². The third-order valence-electron chi connectivity index (χ3n) is 8.15. The number of rotatable bonds is 8. The van der Waals surface area contributed by atoms with Crippen LogP contribution in [-0.2, 0) is 14.2 Å². The Morgan fingerprint density at radius 1 is 1.00 bits per heavy atom. The smallest absolute Gasteiger partial charge is 0.229 e. The van der Waals surface area contributed by atoms with Crippen molar-refractivity contribution in [1.82, 2.24) is 0 Å². The van der Waals surface area contributed by atoms with E-state index in [1.807, 2.05) is 0 Å². The molecule has 14 heteroatoms. The molecule has 43 heavy (non-hydrogen) atoms. The maximum atomic E-state index is 13.2. The highest BCUT2D eigenvalue weighted by molar-refractivity contribution is 6.03. The Balaban J connectivity index is 1.37. The molecular formula is C29H36O14. The fraction of sp³-hybridized carbons (Fsp3) is 0.552. The van der Waals surface area contributed by atoms with Gasteiger partial charge in [-0.2, -0.15) is 0 Å². The van der Waals surface area contributed by atoms with Gasteiger partial charge in [0.05, 0.1) is 33.4 Å². The summed E-state index contributed by atoms with van der Waals surface area (Å²) in [6, 6.07) is 7.01. The van der Waals surface area contributed by atoms with Crippen LogP contribution in [0.5, 0.6) is 23.0 Å². The Kier molecular flexibility index (Phi) is 8.87. The summed E-state index contributed by atoms with van der Waals surface area (Å²) in [5.74, 6) is 0.0285. The normalized spacial score (nSPS) is 34.0. The van der Waals surface area contributed by atoms with Crippen LogP contribution < -0.4 is 14.2 Å². The molecule has 0 aliphatic carbocycles. The molecule has 9 unspecified atom stereocenters. The first-order chi connectivity index (χ1) is 20.4. The van der Waals surface area contributed by atoms with Crippen molar-refractivity contribution in [2.45, 2.75) is 75.1 Å². The zero-order chi connectivity index (χ0) is 31.2. The number of carbonyl (C=O) groups is 1. The second kappa shape index (κ2) is 12.1. The summed E-state index contributed by atoms with van der Waals surface area (Å²) >= 11 is 0. The number of aliphatic hydroxyl groups excluding tert-OH is 5. The maximum Gasteiger partial charge on any atom is 0.229 e. The minimum absolute atomic E-state index is 0.00286. The number of aromatic hydroxyl groups is 1. The van der Waals surface area contributed by atoms with E-state index in [4.69, 9.17) is 28.4 Å². The van der Waals surface area contributed by atoms with Crippen LogP contribution in [0.2, 0.25) is 0 Å². The molecule has 0 amide bonds. The first-order valence-electron chi connectivity index (χ1n) is 13.7. The third-order valence-corrected chi connectivity index (χ3v) is 8.15. The first-order valence-corrected chi connectivity index (χ1v) is 13.7. The SMILES string of the molecule is COc1ccc(C2CC(=O)c3c(O)c(C)c(OC4OC(COC5OCC(O)(CO)C5O)C(O)C(O)C4O)c(C)c3O2)cc1. The van der Waals surface area contributed by atoms with Crippen LogP contribution >= 0.6 is 0 Å². The van der Waals surface area contributed by atoms with E-state index < -0.39 is 74.6 Å². The molecule has 2 saturated heterocycles. The van der Waals surface area contributed by atoms with E-state index in [0.717, 1.165) is 0 Å². The van der Waals surface area contributed by atoms with Crippen molar-refractivity contribution in [1.29, 1.82) is 0 Å². The fourth-order valence-electron chi connectivity index (χ4n) is 5.41. The molecule has 0 spiro atoms. The molecule has 5 rings (SSSR count).